The van der Waals surface area contributed by atoms with Crippen LogP contribution in [0.5, 0.6) is 0 Å². The van der Waals surface area contributed by atoms with Gasteiger partial charge in [0.05, 0.1) is 0 Å². The van der Waals surface area contributed by atoms with Gasteiger partial charge in [0.15, 0.2) is 0 Å². The summed E-state index contributed by atoms with van der Waals surface area (Å²) in [7, 11) is 0. The molecule has 96 valence electrons. The number of alkyl halides is 1. The molecule has 0 fully saturated rings. The van der Waals surface area contributed by atoms with Crippen molar-refractivity contribution in [3.8, 4) is 0 Å². The van der Waals surface area contributed by atoms with Gasteiger partial charge in [-0.1, -0.05) is 0 Å². The van der Waals surface area contributed by atoms with E-state index >= 15 is 0 Å². The molecule has 16 heavy (non-hydrogen) atoms. The molecule has 0 spiro atoms. The molecule has 3 N–H and O–H groups in total. The lowest BCUT2D eigenvalue weighted by Gasteiger charge is -2.26. The highest BCUT2D eigenvalue weighted by molar-refractivity contribution is 5.67. The highest BCUT2D eigenvalue weighted by Gasteiger charge is 2.28. The molecule has 1 amide bonds. The van der Waals surface area contributed by atoms with E-state index in [1.54, 1.807) is 20.8 Å². The van der Waals surface area contributed by atoms with Gasteiger partial charge in [0.2, 0.25) is 0 Å². The maximum absolute atomic E-state index is 13.6. The number of hydrogen-bond donors (Lipinski definition) is 2. The molecular weight excluding hydrogens is 211 g/mol. The molecule has 0 aromatic carbocycles. The molecule has 1 unspecified atom stereocenters. The smallest absolute Gasteiger partial charge is 0.407 e. The van der Waals surface area contributed by atoms with Gasteiger partial charge in [-0.2, -0.15) is 0 Å². The minimum absolute atomic E-state index is 0.176. The SMILES string of the molecule is CC(C)(C)OC(=O)NCC(CN)C(C)(C)F. The fourth-order valence-electron chi connectivity index (χ4n) is 1.13. The molecule has 0 aromatic rings. The maximum Gasteiger partial charge on any atom is 0.407 e. The first-order chi connectivity index (χ1) is 7.06. The van der Waals surface area contributed by atoms with E-state index in [9.17, 15) is 9.18 Å². The van der Waals surface area contributed by atoms with Gasteiger partial charge in [-0.05, 0) is 41.2 Å². The lowest BCUT2D eigenvalue weighted by atomic mass is 9.93. The Balaban J connectivity index is 4.09. The molecule has 4 nitrogen and oxygen atoms in total. The second kappa shape index (κ2) is 5.48. The van der Waals surface area contributed by atoms with Crippen LogP contribution in [0.2, 0.25) is 0 Å². The van der Waals surface area contributed by atoms with Crippen LogP contribution in [-0.4, -0.2) is 30.5 Å². The van der Waals surface area contributed by atoms with E-state index in [0.717, 1.165) is 0 Å². The summed E-state index contributed by atoms with van der Waals surface area (Å²) in [6.45, 7) is 8.56. The number of rotatable bonds is 4. The number of nitrogens with one attached hydrogen (secondary N) is 1. The van der Waals surface area contributed by atoms with Gasteiger partial charge in [-0.25, -0.2) is 9.18 Å². The van der Waals surface area contributed by atoms with Gasteiger partial charge < -0.3 is 15.8 Å². The van der Waals surface area contributed by atoms with E-state index in [1.807, 2.05) is 0 Å². The van der Waals surface area contributed by atoms with E-state index in [2.05, 4.69) is 5.32 Å². The van der Waals surface area contributed by atoms with E-state index in [1.165, 1.54) is 13.8 Å². The third-order valence-corrected chi connectivity index (χ3v) is 2.15. The Labute approximate surface area is 96.7 Å². The lowest BCUT2D eigenvalue weighted by molar-refractivity contribution is 0.0490. The number of halogens is 1. The first-order valence-corrected chi connectivity index (χ1v) is 5.42. The average Bonchev–Trinajstić information content (AvgIpc) is 1.98. The zero-order valence-electron chi connectivity index (χ0n) is 10.8. The normalized spacial score (nSPS) is 14.4. The number of carbonyl (C=O) groups is 1. The summed E-state index contributed by atoms with van der Waals surface area (Å²) < 4.78 is 18.6. The van der Waals surface area contributed by atoms with Crippen molar-refractivity contribution in [2.24, 2.45) is 11.7 Å². The van der Waals surface area contributed by atoms with Crippen LogP contribution in [-0.2, 0) is 4.74 Å². The second-order valence-corrected chi connectivity index (χ2v) is 5.38. The van der Waals surface area contributed by atoms with E-state index in [0.29, 0.717) is 0 Å². The zero-order valence-corrected chi connectivity index (χ0v) is 10.8. The van der Waals surface area contributed by atoms with Gasteiger partial charge in [0, 0.05) is 12.5 Å². The van der Waals surface area contributed by atoms with Gasteiger partial charge >= 0.3 is 6.09 Å². The standard InChI is InChI=1S/C11H23FN2O2/c1-10(2,3)16-9(15)14-7-8(6-13)11(4,5)12/h8H,6-7,13H2,1-5H3,(H,14,15). The Morgan fingerprint density at radius 3 is 2.19 bits per heavy atom. The van der Waals surface area contributed by atoms with Gasteiger partial charge in [0.25, 0.3) is 0 Å². The van der Waals surface area contributed by atoms with Crippen LogP contribution in [0.15, 0.2) is 0 Å². The number of ether oxygens (including phenoxy) is 1. The first-order valence-electron chi connectivity index (χ1n) is 5.42. The number of hydrogen-bond acceptors (Lipinski definition) is 3. The fraction of sp³-hybridized carbons (Fsp3) is 0.909. The summed E-state index contributed by atoms with van der Waals surface area (Å²) in [5, 5.41) is 2.52. The molecule has 0 aromatic heterocycles. The number of nitrogens with two attached hydrogens (primary N) is 1. The predicted molar refractivity (Wildman–Crippen MR) is 62.0 cm³/mol. The predicted octanol–water partition coefficient (Wildman–Crippen LogP) is 1.83. The third kappa shape index (κ3) is 6.61. The van der Waals surface area contributed by atoms with Crippen LogP contribution in [0.1, 0.15) is 34.6 Å². The van der Waals surface area contributed by atoms with Crippen molar-refractivity contribution in [2.45, 2.75) is 45.9 Å². The molecule has 0 aliphatic heterocycles. The molecule has 0 heterocycles. The average molecular weight is 234 g/mol. The van der Waals surface area contributed by atoms with Crippen molar-refractivity contribution in [2.75, 3.05) is 13.1 Å². The van der Waals surface area contributed by atoms with Crippen molar-refractivity contribution in [1.29, 1.82) is 0 Å². The molecular formula is C11H23FN2O2. The molecule has 0 radical (unpaired) electrons. The zero-order chi connectivity index (χ0) is 13.0. The molecule has 0 aliphatic rings. The van der Waals surface area contributed by atoms with Crippen molar-refractivity contribution in [3.05, 3.63) is 0 Å². The maximum atomic E-state index is 13.6. The van der Waals surface area contributed by atoms with Crippen molar-refractivity contribution >= 4 is 6.09 Å². The van der Waals surface area contributed by atoms with Gasteiger partial charge in [0.1, 0.15) is 11.3 Å². The summed E-state index contributed by atoms with van der Waals surface area (Å²) in [6.07, 6.45) is -0.546. The van der Waals surface area contributed by atoms with Crippen molar-refractivity contribution < 1.29 is 13.9 Å². The number of alkyl carbamates (subject to hydrolysis) is 1. The summed E-state index contributed by atoms with van der Waals surface area (Å²) >= 11 is 0. The molecule has 0 saturated heterocycles. The number of amides is 1. The van der Waals surface area contributed by atoms with E-state index in [-0.39, 0.29) is 13.1 Å². The quantitative estimate of drug-likeness (QED) is 0.780. The molecule has 0 aliphatic carbocycles. The lowest BCUT2D eigenvalue weighted by Crippen LogP contribution is -2.43. The molecule has 0 saturated carbocycles. The first kappa shape index (κ1) is 15.2. The molecule has 5 heteroatoms. The molecule has 0 rings (SSSR count). The topological polar surface area (TPSA) is 64.3 Å². The Morgan fingerprint density at radius 2 is 1.88 bits per heavy atom. The van der Waals surface area contributed by atoms with Crippen molar-refractivity contribution in [1.82, 2.24) is 5.32 Å². The Morgan fingerprint density at radius 1 is 1.38 bits per heavy atom. The highest BCUT2D eigenvalue weighted by atomic mass is 19.1. The molecule has 0 bridgehead atoms. The van der Waals surface area contributed by atoms with Crippen molar-refractivity contribution in [3.63, 3.8) is 0 Å². The summed E-state index contributed by atoms with van der Waals surface area (Å²) in [4.78, 5) is 11.3. The summed E-state index contributed by atoms with van der Waals surface area (Å²) in [5.41, 5.74) is 3.48. The van der Waals surface area contributed by atoms with Crippen LogP contribution in [0, 0.1) is 5.92 Å². The van der Waals surface area contributed by atoms with E-state index in [4.69, 9.17) is 10.5 Å². The van der Waals surface area contributed by atoms with Crippen LogP contribution in [0.25, 0.3) is 0 Å². The van der Waals surface area contributed by atoms with Crippen LogP contribution in [0.4, 0.5) is 9.18 Å². The van der Waals surface area contributed by atoms with E-state index < -0.39 is 23.3 Å². The third-order valence-electron chi connectivity index (χ3n) is 2.15. The monoisotopic (exact) mass is 234 g/mol. The Kier molecular flexibility index (Phi) is 5.19. The summed E-state index contributed by atoms with van der Waals surface area (Å²) in [6, 6.07) is 0. The Hall–Kier alpha value is -0.840. The summed E-state index contributed by atoms with van der Waals surface area (Å²) in [5.74, 6) is -0.417. The second-order valence-electron chi connectivity index (χ2n) is 5.38. The van der Waals surface area contributed by atoms with Crippen LogP contribution >= 0.6 is 0 Å². The minimum Gasteiger partial charge on any atom is -0.444 e. The Bertz CT molecular complexity index is 231. The molecule has 1 atom stereocenters. The largest absolute Gasteiger partial charge is 0.444 e. The van der Waals surface area contributed by atoms with Crippen LogP contribution < -0.4 is 11.1 Å². The minimum atomic E-state index is -1.41. The highest BCUT2D eigenvalue weighted by Crippen LogP contribution is 2.19. The number of carbonyl (C=O) groups excluding carboxylic acids is 1. The van der Waals surface area contributed by atoms with Crippen LogP contribution in [0.3, 0.4) is 0 Å². The van der Waals surface area contributed by atoms with Gasteiger partial charge in [-0.3, -0.25) is 0 Å². The fourth-order valence-corrected chi connectivity index (χ4v) is 1.13. The van der Waals surface area contributed by atoms with Gasteiger partial charge in [-0.15, -0.1) is 0 Å².